The van der Waals surface area contributed by atoms with Gasteiger partial charge >= 0.3 is 0 Å². The number of ether oxygens (including phenoxy) is 2. The summed E-state index contributed by atoms with van der Waals surface area (Å²) in [5, 5.41) is 2.91. The molecule has 0 aliphatic carbocycles. The number of benzene rings is 2. The van der Waals surface area contributed by atoms with Gasteiger partial charge in [-0.25, -0.2) is 0 Å². The van der Waals surface area contributed by atoms with Crippen molar-refractivity contribution >= 4 is 33.2 Å². The minimum absolute atomic E-state index is 0.0931. The Morgan fingerprint density at radius 1 is 1.20 bits per heavy atom. The summed E-state index contributed by atoms with van der Waals surface area (Å²) >= 11 is 3.55. The Hall–Kier alpha value is -2.18. The molecule has 1 aliphatic heterocycles. The normalized spacial score (nSPS) is 13.6. The van der Waals surface area contributed by atoms with Crippen LogP contribution in [-0.2, 0) is 9.53 Å². The van der Waals surface area contributed by atoms with E-state index in [2.05, 4.69) is 26.2 Å². The molecule has 0 spiro atoms. The SMILES string of the molecule is COCCOc1cc2c(cc1Br)C(c1ccccc1C)=NCC(=O)N2. The second-order valence-corrected chi connectivity index (χ2v) is 6.55. The molecule has 0 saturated heterocycles. The largest absolute Gasteiger partial charge is 0.490 e. The highest BCUT2D eigenvalue weighted by Gasteiger charge is 2.21. The van der Waals surface area contributed by atoms with E-state index in [1.807, 2.05) is 43.3 Å². The third kappa shape index (κ3) is 3.91. The van der Waals surface area contributed by atoms with Gasteiger partial charge in [-0.15, -0.1) is 0 Å². The second-order valence-electron chi connectivity index (χ2n) is 5.70. The van der Waals surface area contributed by atoms with Crippen molar-refractivity contribution in [3.8, 4) is 5.75 Å². The maximum absolute atomic E-state index is 12.1. The zero-order valence-electron chi connectivity index (χ0n) is 14.1. The Morgan fingerprint density at radius 3 is 2.76 bits per heavy atom. The van der Waals surface area contributed by atoms with E-state index >= 15 is 0 Å². The van der Waals surface area contributed by atoms with Gasteiger partial charge in [-0.05, 0) is 34.5 Å². The van der Waals surface area contributed by atoms with Gasteiger partial charge in [0.25, 0.3) is 0 Å². The molecule has 1 aliphatic rings. The van der Waals surface area contributed by atoms with E-state index in [9.17, 15) is 4.79 Å². The third-order valence-electron chi connectivity index (χ3n) is 3.93. The number of nitrogens with one attached hydrogen (secondary N) is 1. The fraction of sp³-hybridized carbons (Fsp3) is 0.263. The lowest BCUT2D eigenvalue weighted by Crippen LogP contribution is -2.14. The molecule has 0 unspecified atom stereocenters. The van der Waals surface area contributed by atoms with Gasteiger partial charge in [0.15, 0.2) is 0 Å². The Bertz CT molecular complexity index is 833. The number of amides is 1. The van der Waals surface area contributed by atoms with Gasteiger partial charge in [0, 0.05) is 24.3 Å². The van der Waals surface area contributed by atoms with Crippen molar-refractivity contribution < 1.29 is 14.3 Å². The van der Waals surface area contributed by atoms with Gasteiger partial charge < -0.3 is 14.8 Å². The first kappa shape index (κ1) is 17.6. The average molecular weight is 403 g/mol. The monoisotopic (exact) mass is 402 g/mol. The molecule has 0 radical (unpaired) electrons. The van der Waals surface area contributed by atoms with E-state index in [4.69, 9.17) is 9.47 Å². The number of anilines is 1. The van der Waals surface area contributed by atoms with Gasteiger partial charge in [-0.1, -0.05) is 24.3 Å². The Morgan fingerprint density at radius 2 is 2.00 bits per heavy atom. The third-order valence-corrected chi connectivity index (χ3v) is 4.55. The molecule has 1 N–H and O–H groups in total. The average Bonchev–Trinajstić information content (AvgIpc) is 2.74. The van der Waals surface area contributed by atoms with Crippen LogP contribution in [0.3, 0.4) is 0 Å². The van der Waals surface area contributed by atoms with Gasteiger partial charge in [-0.3, -0.25) is 9.79 Å². The van der Waals surface area contributed by atoms with Crippen LogP contribution in [-0.4, -0.2) is 38.5 Å². The smallest absolute Gasteiger partial charge is 0.246 e. The van der Waals surface area contributed by atoms with Gasteiger partial charge in [0.1, 0.15) is 18.9 Å². The minimum Gasteiger partial charge on any atom is -0.490 e. The molecule has 0 saturated carbocycles. The standard InChI is InChI=1S/C19H19BrN2O3/c1-12-5-3-4-6-13(12)19-14-9-15(20)17(25-8-7-24-2)10-16(14)22-18(23)11-21-19/h3-6,9-10H,7-8,11H2,1-2H3,(H,22,23). The molecule has 2 aromatic carbocycles. The number of hydrogen-bond acceptors (Lipinski definition) is 4. The van der Waals surface area contributed by atoms with E-state index in [0.717, 1.165) is 26.9 Å². The summed E-state index contributed by atoms with van der Waals surface area (Å²) in [6.07, 6.45) is 0. The Labute approximate surface area is 155 Å². The molecule has 6 heteroatoms. The van der Waals surface area contributed by atoms with Gasteiger partial charge in [0.2, 0.25) is 5.91 Å². The summed E-state index contributed by atoms with van der Waals surface area (Å²) in [5.74, 6) is 0.511. The highest BCUT2D eigenvalue weighted by Crippen LogP contribution is 2.34. The maximum Gasteiger partial charge on any atom is 0.246 e. The summed E-state index contributed by atoms with van der Waals surface area (Å²) in [4.78, 5) is 16.6. The van der Waals surface area contributed by atoms with Crippen molar-refractivity contribution in [2.75, 3.05) is 32.2 Å². The zero-order chi connectivity index (χ0) is 17.8. The summed E-state index contributed by atoms with van der Waals surface area (Å²) in [6, 6.07) is 11.8. The lowest BCUT2D eigenvalue weighted by molar-refractivity contribution is -0.114. The first-order valence-electron chi connectivity index (χ1n) is 7.96. The van der Waals surface area contributed by atoms with Crippen LogP contribution in [0.4, 0.5) is 5.69 Å². The summed E-state index contributed by atoms with van der Waals surface area (Å²) in [7, 11) is 1.63. The molecule has 1 amide bonds. The number of aliphatic imine (C=N–C) groups is 1. The fourth-order valence-electron chi connectivity index (χ4n) is 2.69. The fourth-order valence-corrected chi connectivity index (χ4v) is 3.15. The maximum atomic E-state index is 12.1. The second kappa shape index (κ2) is 7.80. The molecule has 0 bridgehead atoms. The highest BCUT2D eigenvalue weighted by atomic mass is 79.9. The number of carbonyl (C=O) groups is 1. The van der Waals surface area contributed by atoms with Crippen LogP contribution in [0.5, 0.6) is 5.75 Å². The molecule has 2 aromatic rings. The van der Waals surface area contributed by atoms with Crippen LogP contribution in [0.1, 0.15) is 16.7 Å². The van der Waals surface area contributed by atoms with Gasteiger partial charge in [-0.2, -0.15) is 0 Å². The lowest BCUT2D eigenvalue weighted by atomic mass is 9.97. The van der Waals surface area contributed by atoms with E-state index in [-0.39, 0.29) is 12.5 Å². The number of rotatable bonds is 5. The van der Waals surface area contributed by atoms with Crippen LogP contribution < -0.4 is 10.1 Å². The van der Waals surface area contributed by atoms with E-state index < -0.39 is 0 Å². The highest BCUT2D eigenvalue weighted by molar-refractivity contribution is 9.10. The van der Waals surface area contributed by atoms with Crippen LogP contribution in [0.2, 0.25) is 0 Å². The molecule has 0 atom stereocenters. The summed E-state index contributed by atoms with van der Waals surface area (Å²) in [5.41, 5.74) is 4.49. The molecule has 130 valence electrons. The van der Waals surface area contributed by atoms with Crippen molar-refractivity contribution in [2.24, 2.45) is 4.99 Å². The molecule has 5 nitrogen and oxygen atoms in total. The molecule has 25 heavy (non-hydrogen) atoms. The molecule has 0 aromatic heterocycles. The zero-order valence-corrected chi connectivity index (χ0v) is 15.7. The molecule has 0 fully saturated rings. The van der Waals surface area contributed by atoms with Crippen molar-refractivity contribution in [3.63, 3.8) is 0 Å². The number of carbonyl (C=O) groups excluding carboxylic acids is 1. The van der Waals surface area contributed by atoms with E-state index in [1.165, 1.54) is 0 Å². The summed E-state index contributed by atoms with van der Waals surface area (Å²) in [6.45, 7) is 3.05. The van der Waals surface area contributed by atoms with Crippen LogP contribution >= 0.6 is 15.9 Å². The van der Waals surface area contributed by atoms with Crippen LogP contribution in [0.15, 0.2) is 45.9 Å². The molecule has 3 rings (SSSR count). The quantitative estimate of drug-likeness (QED) is 0.777. The predicted octanol–water partition coefficient (Wildman–Crippen LogP) is 3.57. The Balaban J connectivity index is 2.06. The minimum atomic E-state index is -0.144. The van der Waals surface area contributed by atoms with Crippen molar-refractivity contribution in [2.45, 2.75) is 6.92 Å². The number of nitrogens with zero attached hydrogens (tertiary/aromatic N) is 1. The predicted molar refractivity (Wildman–Crippen MR) is 102 cm³/mol. The number of methoxy groups -OCH3 is 1. The summed E-state index contributed by atoms with van der Waals surface area (Å²) < 4.78 is 11.5. The number of halogens is 1. The number of benzodiazepines with no additional fused rings is 1. The number of aryl methyl sites for hydroxylation is 1. The van der Waals surface area contributed by atoms with Crippen molar-refractivity contribution in [1.29, 1.82) is 0 Å². The van der Waals surface area contributed by atoms with E-state index in [1.54, 1.807) is 7.11 Å². The number of hydrogen-bond donors (Lipinski definition) is 1. The first-order chi connectivity index (χ1) is 12.1. The topological polar surface area (TPSA) is 59.9 Å². The van der Waals surface area contributed by atoms with Crippen LogP contribution in [0, 0.1) is 6.92 Å². The molecular formula is C19H19BrN2O3. The van der Waals surface area contributed by atoms with Gasteiger partial charge in [0.05, 0.1) is 22.5 Å². The van der Waals surface area contributed by atoms with Crippen molar-refractivity contribution in [3.05, 3.63) is 57.6 Å². The Kier molecular flexibility index (Phi) is 5.50. The lowest BCUT2D eigenvalue weighted by Gasteiger charge is -2.15. The first-order valence-corrected chi connectivity index (χ1v) is 8.75. The van der Waals surface area contributed by atoms with Crippen molar-refractivity contribution in [1.82, 2.24) is 0 Å². The molecular weight excluding hydrogens is 384 g/mol. The van der Waals surface area contributed by atoms with Crippen LogP contribution in [0.25, 0.3) is 0 Å². The van der Waals surface area contributed by atoms with E-state index in [0.29, 0.717) is 24.7 Å². The number of fused-ring (bicyclic) bond motifs is 1. The molecule has 1 heterocycles.